The molecule has 0 heterocycles. The lowest BCUT2D eigenvalue weighted by Gasteiger charge is -2.10. The van der Waals surface area contributed by atoms with Crippen LogP contribution in [0.25, 0.3) is 6.08 Å². The zero-order valence-electron chi connectivity index (χ0n) is 9.45. The van der Waals surface area contributed by atoms with E-state index in [-0.39, 0.29) is 5.75 Å². The lowest BCUT2D eigenvalue weighted by atomic mass is 10.1. The standard InChI is InChI=1S/C12H13BrF2O2/c1-7(8(2)16)5-9-6-10(13)3-4-11(9)17-12(14)15/h3-6,8,12,16H,1-2H3/b7-5+. The number of halogens is 3. The summed E-state index contributed by atoms with van der Waals surface area (Å²) in [5.41, 5.74) is 1.17. The van der Waals surface area contributed by atoms with Crippen LogP contribution in [0.3, 0.4) is 0 Å². The quantitative estimate of drug-likeness (QED) is 0.916. The Morgan fingerprint density at radius 1 is 1.47 bits per heavy atom. The van der Waals surface area contributed by atoms with E-state index in [9.17, 15) is 13.9 Å². The number of aliphatic hydroxyl groups is 1. The van der Waals surface area contributed by atoms with Crippen LogP contribution in [0, 0.1) is 0 Å². The van der Waals surface area contributed by atoms with Gasteiger partial charge in [-0.2, -0.15) is 8.78 Å². The Labute approximate surface area is 107 Å². The molecular weight excluding hydrogens is 294 g/mol. The summed E-state index contributed by atoms with van der Waals surface area (Å²) in [6, 6.07) is 4.73. The molecule has 0 radical (unpaired) electrons. The molecule has 17 heavy (non-hydrogen) atoms. The maximum Gasteiger partial charge on any atom is 0.387 e. The molecule has 0 aliphatic rings. The number of aliphatic hydroxyl groups excluding tert-OH is 1. The fourth-order valence-electron chi connectivity index (χ4n) is 1.20. The van der Waals surface area contributed by atoms with Gasteiger partial charge in [0.25, 0.3) is 0 Å². The Morgan fingerprint density at radius 3 is 2.65 bits per heavy atom. The maximum atomic E-state index is 12.2. The average Bonchev–Trinajstić information content (AvgIpc) is 2.21. The molecule has 0 saturated carbocycles. The molecule has 0 bridgehead atoms. The van der Waals surface area contributed by atoms with Crippen molar-refractivity contribution >= 4 is 22.0 Å². The molecule has 1 aromatic rings. The molecular formula is C12H13BrF2O2. The van der Waals surface area contributed by atoms with E-state index < -0.39 is 12.7 Å². The van der Waals surface area contributed by atoms with Crippen LogP contribution >= 0.6 is 15.9 Å². The van der Waals surface area contributed by atoms with Crippen molar-refractivity contribution in [3.8, 4) is 5.75 Å². The highest BCUT2D eigenvalue weighted by molar-refractivity contribution is 9.10. The predicted octanol–water partition coefficient (Wildman–Crippen LogP) is 3.83. The Morgan fingerprint density at radius 2 is 2.12 bits per heavy atom. The third kappa shape index (κ3) is 4.44. The minimum atomic E-state index is -2.87. The zero-order chi connectivity index (χ0) is 13.0. The second-order valence-electron chi connectivity index (χ2n) is 3.62. The number of hydrogen-bond donors (Lipinski definition) is 1. The largest absolute Gasteiger partial charge is 0.434 e. The first kappa shape index (κ1) is 14.1. The average molecular weight is 307 g/mol. The molecule has 1 rings (SSSR count). The van der Waals surface area contributed by atoms with E-state index in [1.165, 1.54) is 6.07 Å². The summed E-state index contributed by atoms with van der Waals surface area (Å²) in [7, 11) is 0. The fraction of sp³-hybridized carbons (Fsp3) is 0.333. The van der Waals surface area contributed by atoms with Gasteiger partial charge in [-0.3, -0.25) is 0 Å². The van der Waals surface area contributed by atoms with E-state index in [0.29, 0.717) is 11.1 Å². The van der Waals surface area contributed by atoms with Gasteiger partial charge in [-0.25, -0.2) is 0 Å². The van der Waals surface area contributed by atoms with Crippen LogP contribution in [0.5, 0.6) is 5.75 Å². The van der Waals surface area contributed by atoms with Crippen LogP contribution in [0.4, 0.5) is 8.78 Å². The summed E-state index contributed by atoms with van der Waals surface area (Å²) < 4.78 is 29.5. The molecule has 0 fully saturated rings. The van der Waals surface area contributed by atoms with Gasteiger partial charge in [0, 0.05) is 10.0 Å². The smallest absolute Gasteiger partial charge is 0.387 e. The van der Waals surface area contributed by atoms with Crippen LogP contribution in [0.15, 0.2) is 28.2 Å². The first-order valence-electron chi connectivity index (χ1n) is 5.00. The lowest BCUT2D eigenvalue weighted by molar-refractivity contribution is -0.0500. The number of hydrogen-bond acceptors (Lipinski definition) is 2. The van der Waals surface area contributed by atoms with Crippen molar-refractivity contribution in [3.05, 3.63) is 33.8 Å². The van der Waals surface area contributed by atoms with Gasteiger partial charge in [-0.1, -0.05) is 15.9 Å². The molecule has 1 unspecified atom stereocenters. The Kier molecular flexibility index (Phi) is 5.08. The molecule has 1 atom stereocenters. The molecule has 0 saturated heterocycles. The number of benzene rings is 1. The molecule has 2 nitrogen and oxygen atoms in total. The van der Waals surface area contributed by atoms with E-state index in [1.807, 2.05) is 0 Å². The lowest BCUT2D eigenvalue weighted by Crippen LogP contribution is -2.04. The second kappa shape index (κ2) is 6.12. The van der Waals surface area contributed by atoms with Crippen molar-refractivity contribution in [2.45, 2.75) is 26.6 Å². The van der Waals surface area contributed by atoms with Gasteiger partial charge in [0.05, 0.1) is 6.10 Å². The van der Waals surface area contributed by atoms with E-state index in [2.05, 4.69) is 20.7 Å². The third-order valence-corrected chi connectivity index (χ3v) is 2.72. The van der Waals surface area contributed by atoms with E-state index >= 15 is 0 Å². The molecule has 1 N–H and O–H groups in total. The molecule has 0 aliphatic heterocycles. The normalized spacial score (nSPS) is 13.9. The van der Waals surface area contributed by atoms with Crippen molar-refractivity contribution < 1.29 is 18.6 Å². The minimum Gasteiger partial charge on any atom is -0.434 e. The topological polar surface area (TPSA) is 29.5 Å². The summed E-state index contributed by atoms with van der Waals surface area (Å²) in [6.07, 6.45) is 0.987. The Bertz CT molecular complexity index is 417. The van der Waals surface area contributed by atoms with Crippen LogP contribution in [-0.2, 0) is 0 Å². The third-order valence-electron chi connectivity index (χ3n) is 2.23. The van der Waals surface area contributed by atoms with Crippen molar-refractivity contribution in [2.75, 3.05) is 0 Å². The van der Waals surface area contributed by atoms with Gasteiger partial charge in [0.1, 0.15) is 5.75 Å². The summed E-state index contributed by atoms with van der Waals surface area (Å²) in [6.45, 7) is 0.463. The SMILES string of the molecule is C/C(=C\c1cc(Br)ccc1OC(F)F)C(C)O. The number of alkyl halides is 2. The summed E-state index contributed by atoms with van der Waals surface area (Å²) in [5, 5.41) is 9.36. The van der Waals surface area contributed by atoms with Crippen molar-refractivity contribution in [1.82, 2.24) is 0 Å². The first-order chi connectivity index (χ1) is 7.90. The van der Waals surface area contributed by atoms with Gasteiger partial charge in [-0.15, -0.1) is 0 Å². The van der Waals surface area contributed by atoms with Crippen molar-refractivity contribution in [1.29, 1.82) is 0 Å². The number of ether oxygens (including phenoxy) is 1. The highest BCUT2D eigenvalue weighted by Crippen LogP contribution is 2.27. The highest BCUT2D eigenvalue weighted by Gasteiger charge is 2.09. The first-order valence-corrected chi connectivity index (χ1v) is 5.80. The van der Waals surface area contributed by atoms with E-state index in [0.717, 1.165) is 4.47 Å². The number of rotatable bonds is 4. The zero-order valence-corrected chi connectivity index (χ0v) is 11.0. The van der Waals surface area contributed by atoms with Gasteiger partial charge in [-0.05, 0) is 43.7 Å². The fourth-order valence-corrected chi connectivity index (χ4v) is 1.58. The highest BCUT2D eigenvalue weighted by atomic mass is 79.9. The molecule has 5 heteroatoms. The second-order valence-corrected chi connectivity index (χ2v) is 4.54. The monoisotopic (exact) mass is 306 g/mol. The summed E-state index contributed by atoms with van der Waals surface area (Å²) in [5.74, 6) is 0.0863. The van der Waals surface area contributed by atoms with Crippen molar-refractivity contribution in [3.63, 3.8) is 0 Å². The summed E-state index contributed by atoms with van der Waals surface area (Å²) >= 11 is 3.25. The van der Waals surface area contributed by atoms with Gasteiger partial charge in [0.2, 0.25) is 0 Å². The van der Waals surface area contributed by atoms with Gasteiger partial charge in [0.15, 0.2) is 0 Å². The Balaban J connectivity index is 3.11. The van der Waals surface area contributed by atoms with Gasteiger partial charge < -0.3 is 9.84 Å². The molecule has 0 spiro atoms. The van der Waals surface area contributed by atoms with Crippen LogP contribution in [0.1, 0.15) is 19.4 Å². The van der Waals surface area contributed by atoms with Crippen LogP contribution in [0.2, 0.25) is 0 Å². The van der Waals surface area contributed by atoms with Crippen LogP contribution < -0.4 is 4.74 Å². The van der Waals surface area contributed by atoms with Crippen LogP contribution in [-0.4, -0.2) is 17.8 Å². The Hall–Kier alpha value is -0.940. The summed E-state index contributed by atoms with van der Waals surface area (Å²) in [4.78, 5) is 0. The van der Waals surface area contributed by atoms with Crippen molar-refractivity contribution in [2.24, 2.45) is 0 Å². The molecule has 94 valence electrons. The van der Waals surface area contributed by atoms with Gasteiger partial charge >= 0.3 is 6.61 Å². The molecule has 1 aromatic carbocycles. The molecule has 0 aromatic heterocycles. The predicted molar refractivity (Wildman–Crippen MR) is 66.1 cm³/mol. The minimum absolute atomic E-state index is 0.0863. The maximum absolute atomic E-state index is 12.2. The molecule has 0 amide bonds. The van der Waals surface area contributed by atoms with E-state index in [1.54, 1.807) is 32.1 Å². The van der Waals surface area contributed by atoms with E-state index in [4.69, 9.17) is 0 Å². The molecule has 0 aliphatic carbocycles.